The summed E-state index contributed by atoms with van der Waals surface area (Å²) in [6.07, 6.45) is 2.00. The van der Waals surface area contributed by atoms with Gasteiger partial charge in [0.2, 0.25) is 5.88 Å². The Bertz CT molecular complexity index is 1470. The van der Waals surface area contributed by atoms with Gasteiger partial charge in [-0.15, -0.1) is 0 Å². The number of aryl methyl sites for hydroxylation is 1. The van der Waals surface area contributed by atoms with E-state index in [0.29, 0.717) is 34.2 Å². The monoisotopic (exact) mass is 511 g/mol. The van der Waals surface area contributed by atoms with Crippen molar-refractivity contribution in [2.24, 2.45) is 0 Å². The molecule has 0 radical (unpaired) electrons. The Balaban J connectivity index is 1.54. The number of nitrogens with zero attached hydrogens (tertiary/aromatic N) is 3. The summed E-state index contributed by atoms with van der Waals surface area (Å²) in [5.74, 6) is 0.417. The fourth-order valence-electron chi connectivity index (χ4n) is 3.27. The Kier molecular flexibility index (Phi) is 7.20. The number of rotatable bonds is 9. The zero-order valence-electron chi connectivity index (χ0n) is 20.2. The molecule has 2 heterocycles. The molecule has 0 fully saturated rings. The van der Waals surface area contributed by atoms with E-state index < -0.39 is 15.8 Å². The summed E-state index contributed by atoms with van der Waals surface area (Å²) in [6.45, 7) is 7.34. The Morgan fingerprint density at radius 3 is 2.53 bits per heavy atom. The molecule has 9 nitrogen and oxygen atoms in total. The molecule has 0 saturated carbocycles. The van der Waals surface area contributed by atoms with E-state index in [2.05, 4.69) is 25.2 Å². The predicted molar refractivity (Wildman–Crippen MR) is 134 cm³/mol. The predicted octanol–water partition coefficient (Wildman–Crippen LogP) is 5.61. The van der Waals surface area contributed by atoms with Crippen LogP contribution >= 0.6 is 0 Å². The highest BCUT2D eigenvalue weighted by atomic mass is 32.2. The van der Waals surface area contributed by atoms with Gasteiger partial charge in [0.1, 0.15) is 23.7 Å². The van der Waals surface area contributed by atoms with Gasteiger partial charge in [-0.05, 0) is 63.6 Å². The molecule has 11 heteroatoms. The van der Waals surface area contributed by atoms with Crippen LogP contribution in [0.4, 0.5) is 21.8 Å². The molecule has 1 atom stereocenters. The van der Waals surface area contributed by atoms with Crippen LogP contribution in [0.25, 0.3) is 11.3 Å². The van der Waals surface area contributed by atoms with Crippen molar-refractivity contribution in [1.82, 2.24) is 15.1 Å². The van der Waals surface area contributed by atoms with Crippen LogP contribution < -0.4 is 14.8 Å². The zero-order chi connectivity index (χ0) is 25.9. The molecular weight excluding hydrogens is 485 g/mol. The molecule has 0 amide bonds. The first-order chi connectivity index (χ1) is 17.2. The van der Waals surface area contributed by atoms with Crippen LogP contribution in [0, 0.1) is 19.7 Å². The summed E-state index contributed by atoms with van der Waals surface area (Å²) in [6, 6.07) is 12.3. The van der Waals surface area contributed by atoms with Crippen molar-refractivity contribution in [3.63, 3.8) is 0 Å². The quantitative estimate of drug-likeness (QED) is 0.298. The number of aromatic nitrogens is 3. The van der Waals surface area contributed by atoms with Gasteiger partial charge < -0.3 is 14.6 Å². The summed E-state index contributed by atoms with van der Waals surface area (Å²) >= 11 is 0. The van der Waals surface area contributed by atoms with E-state index in [1.54, 1.807) is 44.2 Å². The van der Waals surface area contributed by atoms with E-state index in [4.69, 9.17) is 9.26 Å². The minimum absolute atomic E-state index is 0.0445. The number of sulfonamides is 1. The van der Waals surface area contributed by atoms with Gasteiger partial charge in [0.25, 0.3) is 10.0 Å². The second-order valence-corrected chi connectivity index (χ2v) is 9.90. The number of ether oxygens (including phenoxy) is 1. The highest BCUT2D eigenvalue weighted by Gasteiger charge is 2.20. The first kappa shape index (κ1) is 25.1. The smallest absolute Gasteiger partial charge is 0.264 e. The summed E-state index contributed by atoms with van der Waals surface area (Å²) < 4.78 is 53.5. The summed E-state index contributed by atoms with van der Waals surface area (Å²) in [5, 5.41) is 6.85. The van der Waals surface area contributed by atoms with Crippen LogP contribution in [-0.4, -0.2) is 29.6 Å². The fraction of sp³-hybridized carbons (Fsp3) is 0.240. The van der Waals surface area contributed by atoms with Crippen molar-refractivity contribution < 1.29 is 22.1 Å². The highest BCUT2D eigenvalue weighted by molar-refractivity contribution is 7.92. The van der Waals surface area contributed by atoms with E-state index >= 15 is 0 Å². The second-order valence-electron chi connectivity index (χ2n) is 8.22. The lowest BCUT2D eigenvalue weighted by Gasteiger charge is -2.16. The number of halogens is 1. The van der Waals surface area contributed by atoms with E-state index in [1.807, 2.05) is 13.8 Å². The number of anilines is 3. The van der Waals surface area contributed by atoms with Gasteiger partial charge in [0.15, 0.2) is 0 Å². The molecule has 0 aliphatic heterocycles. The molecule has 0 saturated heterocycles. The van der Waals surface area contributed by atoms with Crippen LogP contribution in [0.3, 0.4) is 0 Å². The molecule has 0 aliphatic rings. The Morgan fingerprint density at radius 2 is 1.86 bits per heavy atom. The molecule has 0 bridgehead atoms. The van der Waals surface area contributed by atoms with Gasteiger partial charge in [-0.1, -0.05) is 18.1 Å². The first-order valence-electron chi connectivity index (χ1n) is 11.3. The van der Waals surface area contributed by atoms with Gasteiger partial charge in [0, 0.05) is 17.3 Å². The maximum Gasteiger partial charge on any atom is 0.264 e. The van der Waals surface area contributed by atoms with Crippen molar-refractivity contribution in [3.8, 4) is 17.0 Å². The minimum Gasteiger partial charge on any atom is -0.490 e. The standard InChI is InChI=1S/C25H26FN5O4S/c1-5-15(2)34-22-8-6-7-20(26)24(22)21-13-23(28-14-27-21)29-18-9-11-19(12-10-18)36(32,33)31-25-16(3)17(4)30-35-25/h6-15,31H,5H2,1-4H3,(H,27,28,29). The summed E-state index contributed by atoms with van der Waals surface area (Å²) in [4.78, 5) is 8.47. The van der Waals surface area contributed by atoms with Crippen LogP contribution in [0.2, 0.25) is 0 Å². The molecule has 4 rings (SSSR count). The molecule has 2 aromatic carbocycles. The largest absolute Gasteiger partial charge is 0.490 e. The lowest BCUT2D eigenvalue weighted by atomic mass is 10.1. The number of nitrogens with one attached hydrogen (secondary N) is 2. The highest BCUT2D eigenvalue weighted by Crippen LogP contribution is 2.33. The molecule has 0 aliphatic carbocycles. The number of hydrogen-bond acceptors (Lipinski definition) is 8. The topological polar surface area (TPSA) is 119 Å². The third-order valence-corrected chi connectivity index (χ3v) is 6.97. The van der Waals surface area contributed by atoms with Crippen molar-refractivity contribution >= 4 is 27.4 Å². The Hall–Kier alpha value is -3.99. The molecule has 2 aromatic heterocycles. The van der Waals surface area contributed by atoms with Crippen LogP contribution in [0.5, 0.6) is 5.75 Å². The first-order valence-corrected chi connectivity index (χ1v) is 12.8. The normalized spacial score (nSPS) is 12.2. The maximum atomic E-state index is 14.8. The van der Waals surface area contributed by atoms with Crippen molar-refractivity contribution in [2.45, 2.75) is 45.1 Å². The van der Waals surface area contributed by atoms with E-state index in [1.165, 1.54) is 24.5 Å². The van der Waals surface area contributed by atoms with Crippen molar-refractivity contribution in [1.29, 1.82) is 0 Å². The van der Waals surface area contributed by atoms with E-state index in [-0.39, 0.29) is 22.4 Å². The van der Waals surface area contributed by atoms with Gasteiger partial charge >= 0.3 is 0 Å². The van der Waals surface area contributed by atoms with Crippen LogP contribution in [-0.2, 0) is 10.0 Å². The molecular formula is C25H26FN5O4S. The molecule has 2 N–H and O–H groups in total. The van der Waals surface area contributed by atoms with Gasteiger partial charge in [-0.25, -0.2) is 27.5 Å². The second kappa shape index (κ2) is 10.3. The summed E-state index contributed by atoms with van der Waals surface area (Å²) in [7, 11) is -3.87. The van der Waals surface area contributed by atoms with Gasteiger partial charge in [0.05, 0.1) is 28.0 Å². The molecule has 36 heavy (non-hydrogen) atoms. The third kappa shape index (κ3) is 5.46. The minimum atomic E-state index is -3.87. The SMILES string of the molecule is CCC(C)Oc1cccc(F)c1-c1cc(Nc2ccc(S(=O)(=O)Nc3onc(C)c3C)cc2)ncn1. The number of hydrogen-bond donors (Lipinski definition) is 2. The van der Waals surface area contributed by atoms with Crippen molar-refractivity contribution in [2.75, 3.05) is 10.0 Å². The van der Waals surface area contributed by atoms with Crippen molar-refractivity contribution in [3.05, 3.63) is 71.9 Å². The maximum absolute atomic E-state index is 14.8. The Morgan fingerprint density at radius 1 is 1.11 bits per heavy atom. The lowest BCUT2D eigenvalue weighted by molar-refractivity contribution is 0.217. The average molecular weight is 512 g/mol. The average Bonchev–Trinajstić information content (AvgIpc) is 3.16. The van der Waals surface area contributed by atoms with Gasteiger partial charge in [-0.2, -0.15) is 0 Å². The number of benzene rings is 2. The molecule has 188 valence electrons. The molecule has 1 unspecified atom stereocenters. The Labute approximate surface area is 208 Å². The van der Waals surface area contributed by atoms with Gasteiger partial charge in [-0.3, -0.25) is 0 Å². The van der Waals surface area contributed by atoms with Crippen LogP contribution in [0.15, 0.2) is 64.3 Å². The lowest BCUT2D eigenvalue weighted by Crippen LogP contribution is -2.13. The molecule has 0 spiro atoms. The van der Waals surface area contributed by atoms with Crippen LogP contribution in [0.1, 0.15) is 31.5 Å². The summed E-state index contributed by atoms with van der Waals surface area (Å²) in [5.41, 5.74) is 2.39. The zero-order valence-corrected chi connectivity index (χ0v) is 21.1. The van der Waals surface area contributed by atoms with E-state index in [9.17, 15) is 12.8 Å². The fourth-order valence-corrected chi connectivity index (χ4v) is 4.32. The van der Waals surface area contributed by atoms with E-state index in [0.717, 1.165) is 6.42 Å². The third-order valence-electron chi connectivity index (χ3n) is 5.62. The molecule has 4 aromatic rings.